The van der Waals surface area contributed by atoms with E-state index < -0.39 is 11.1 Å². The van der Waals surface area contributed by atoms with Gasteiger partial charge in [-0.2, -0.15) is 0 Å². The van der Waals surface area contributed by atoms with E-state index in [9.17, 15) is 9.32 Å². The molecule has 0 radical (unpaired) electrons. The molecule has 0 saturated heterocycles. The van der Waals surface area contributed by atoms with Crippen molar-refractivity contribution in [3.8, 4) is 0 Å². The molecule has 0 heterocycles. The first-order valence-electron chi connectivity index (χ1n) is 4.94. The van der Waals surface area contributed by atoms with Gasteiger partial charge in [-0.25, -0.2) is 4.21 Å². The van der Waals surface area contributed by atoms with E-state index in [1.165, 1.54) is 6.92 Å². The fourth-order valence-electron chi connectivity index (χ4n) is 1.64. The Morgan fingerprint density at radius 2 is 2.06 bits per heavy atom. The van der Waals surface area contributed by atoms with E-state index in [-0.39, 0.29) is 35.5 Å². The summed E-state index contributed by atoms with van der Waals surface area (Å²) in [6.07, 6.45) is 0. The van der Waals surface area contributed by atoms with E-state index in [0.29, 0.717) is 16.0 Å². The number of fused-ring (bicyclic) bond motifs is 1. The van der Waals surface area contributed by atoms with Crippen molar-refractivity contribution < 1.29 is 43.4 Å². The van der Waals surface area contributed by atoms with Crippen molar-refractivity contribution in [2.24, 2.45) is 4.99 Å². The smallest absolute Gasteiger partial charge is 0.862 e. The molecule has 88 valence electrons. The van der Waals surface area contributed by atoms with Gasteiger partial charge in [0.1, 0.15) is 0 Å². The largest absolute Gasteiger partial charge is 1.00 e. The summed E-state index contributed by atoms with van der Waals surface area (Å²) in [5, 5.41) is 12.4. The van der Waals surface area contributed by atoms with Gasteiger partial charge < -0.3 is 9.66 Å². The van der Waals surface area contributed by atoms with E-state index >= 15 is 0 Å². The third-order valence-corrected chi connectivity index (χ3v) is 3.03. The number of hydrogen-bond acceptors (Lipinski definition) is 3. The van der Waals surface area contributed by atoms with Gasteiger partial charge in [0, 0.05) is 5.39 Å². The molecule has 6 heteroatoms. The Kier molecular flexibility index (Phi) is 5.49. The maximum atomic E-state index is 11.2. The van der Waals surface area contributed by atoms with Crippen LogP contribution < -0.4 is 34.7 Å². The Morgan fingerprint density at radius 1 is 1.33 bits per heavy atom. The first kappa shape index (κ1) is 15.3. The van der Waals surface area contributed by atoms with Crippen LogP contribution in [0.4, 0.5) is 5.69 Å². The van der Waals surface area contributed by atoms with Crippen LogP contribution >= 0.6 is 0 Å². The molecule has 0 fully saturated rings. The molecule has 0 spiro atoms. The summed E-state index contributed by atoms with van der Waals surface area (Å²) in [6, 6.07) is 10.2. The van der Waals surface area contributed by atoms with Gasteiger partial charge in [0.05, 0.1) is 10.6 Å². The second kappa shape index (κ2) is 6.45. The number of hydrogen-bond donors (Lipinski definition) is 1. The topological polar surface area (TPSA) is 72.7 Å². The van der Waals surface area contributed by atoms with Crippen LogP contribution in [0.25, 0.3) is 10.8 Å². The predicted molar refractivity (Wildman–Crippen MR) is 65.8 cm³/mol. The van der Waals surface area contributed by atoms with Gasteiger partial charge in [0.15, 0.2) is 11.1 Å². The van der Waals surface area contributed by atoms with Gasteiger partial charge in [-0.05, 0) is 36.4 Å². The molecule has 2 aromatic carbocycles. The zero-order chi connectivity index (χ0) is 12.4. The summed E-state index contributed by atoms with van der Waals surface area (Å²) >= 11 is -2.05. The van der Waals surface area contributed by atoms with E-state index in [0.717, 1.165) is 5.39 Å². The molecule has 2 aromatic rings. The summed E-state index contributed by atoms with van der Waals surface area (Å²) < 4.78 is 20.3. The zero-order valence-electron chi connectivity index (χ0n) is 10.1. The minimum absolute atomic E-state index is 0. The normalized spacial score (nSPS) is 13.1. The second-order valence-corrected chi connectivity index (χ2v) is 4.48. The van der Waals surface area contributed by atoms with Gasteiger partial charge in [0.25, 0.3) is 0 Å². The number of aliphatic imine (C=N–C) groups is 1. The van der Waals surface area contributed by atoms with Crippen molar-refractivity contribution in [3.63, 3.8) is 0 Å². The summed E-state index contributed by atoms with van der Waals surface area (Å²) in [4.78, 5) is 4.11. The molecule has 0 aromatic heterocycles. The van der Waals surface area contributed by atoms with Crippen molar-refractivity contribution >= 4 is 33.4 Å². The average Bonchev–Trinajstić information content (AvgIpc) is 2.27. The molecule has 2 rings (SSSR count). The van der Waals surface area contributed by atoms with Crippen LogP contribution in [0.15, 0.2) is 46.3 Å². The van der Waals surface area contributed by atoms with E-state index in [2.05, 4.69) is 4.99 Å². The Bertz CT molecular complexity index is 624. The standard InChI is InChI=1S/C12H11NO3S.Na/c1-8(14)13-10-6-5-9-3-2-4-12(17(15)16)11(9)7-10;/h2-7H,1H3,(H,13,14)(H,15,16);/q;+1/p-1. The van der Waals surface area contributed by atoms with E-state index in [1.807, 2.05) is 6.07 Å². The van der Waals surface area contributed by atoms with Crippen LogP contribution in [-0.2, 0) is 11.1 Å². The summed E-state index contributed by atoms with van der Waals surface area (Å²) in [6.45, 7) is 1.36. The van der Waals surface area contributed by atoms with Gasteiger partial charge in [-0.3, -0.25) is 4.99 Å². The molecule has 1 atom stereocenters. The van der Waals surface area contributed by atoms with Crippen LogP contribution in [0.2, 0.25) is 0 Å². The summed E-state index contributed by atoms with van der Waals surface area (Å²) in [5.74, 6) is -0.299. The molecule has 4 nitrogen and oxygen atoms in total. The molecule has 0 aliphatic rings. The van der Waals surface area contributed by atoms with Crippen LogP contribution in [0, 0.1) is 0 Å². The Morgan fingerprint density at radius 3 is 2.67 bits per heavy atom. The van der Waals surface area contributed by atoms with Gasteiger partial charge in [-0.1, -0.05) is 18.2 Å². The van der Waals surface area contributed by atoms with Crippen LogP contribution in [0.3, 0.4) is 0 Å². The van der Waals surface area contributed by atoms with Crippen molar-refractivity contribution in [2.45, 2.75) is 11.8 Å². The third kappa shape index (κ3) is 3.40. The first-order valence-corrected chi connectivity index (χ1v) is 6.04. The Labute approximate surface area is 129 Å². The predicted octanol–water partition coefficient (Wildman–Crippen LogP) is -1.17. The zero-order valence-corrected chi connectivity index (χ0v) is 12.9. The van der Waals surface area contributed by atoms with E-state index in [4.69, 9.17) is 4.55 Å². The number of benzene rings is 2. The van der Waals surface area contributed by atoms with Crippen molar-refractivity contribution in [1.82, 2.24) is 0 Å². The monoisotopic (exact) mass is 271 g/mol. The molecule has 1 unspecified atom stereocenters. The van der Waals surface area contributed by atoms with Crippen molar-refractivity contribution in [3.05, 3.63) is 36.4 Å². The maximum absolute atomic E-state index is 11.2. The van der Waals surface area contributed by atoms with Gasteiger partial charge in [0.2, 0.25) is 0 Å². The summed E-state index contributed by atoms with van der Waals surface area (Å²) in [5.41, 5.74) is 0.489. The Balaban J connectivity index is 0.00000162. The van der Waals surface area contributed by atoms with Gasteiger partial charge >= 0.3 is 29.6 Å². The second-order valence-electron chi connectivity index (χ2n) is 3.54. The maximum Gasteiger partial charge on any atom is 1.00 e. The SMILES string of the molecule is CC([O-])=Nc1ccc2cccc(S(=O)O)c2c1.[Na+]. The molecule has 0 amide bonds. The Hall–Kier alpha value is -0.720. The van der Waals surface area contributed by atoms with Crippen molar-refractivity contribution in [2.75, 3.05) is 0 Å². The minimum atomic E-state index is -2.05. The molecule has 0 bridgehead atoms. The fraction of sp³-hybridized carbons (Fsp3) is 0.0833. The van der Waals surface area contributed by atoms with Crippen LogP contribution in [0.1, 0.15) is 6.92 Å². The van der Waals surface area contributed by atoms with E-state index in [1.54, 1.807) is 30.3 Å². The molecule has 18 heavy (non-hydrogen) atoms. The minimum Gasteiger partial charge on any atom is -0.862 e. The average molecular weight is 271 g/mol. The molecular formula is C12H10NNaO3S. The quantitative estimate of drug-likeness (QED) is 0.324. The molecule has 1 N–H and O–H groups in total. The summed E-state index contributed by atoms with van der Waals surface area (Å²) in [7, 11) is 0. The molecule has 0 aliphatic heterocycles. The molecule has 0 saturated carbocycles. The molecule has 0 aliphatic carbocycles. The molecular weight excluding hydrogens is 261 g/mol. The number of rotatable bonds is 2. The van der Waals surface area contributed by atoms with Gasteiger partial charge in [-0.15, -0.1) is 0 Å². The fourth-order valence-corrected chi connectivity index (χ4v) is 2.20. The van der Waals surface area contributed by atoms with Crippen LogP contribution in [-0.4, -0.2) is 14.7 Å². The number of nitrogens with zero attached hydrogens (tertiary/aromatic N) is 1. The van der Waals surface area contributed by atoms with Crippen molar-refractivity contribution in [1.29, 1.82) is 0 Å². The van der Waals surface area contributed by atoms with Crippen LogP contribution in [0.5, 0.6) is 0 Å². The first-order chi connectivity index (χ1) is 8.08. The third-order valence-electron chi connectivity index (χ3n) is 2.30.